The van der Waals surface area contributed by atoms with Crippen LogP contribution in [0.4, 0.5) is 0 Å². The average molecular weight is 557 g/mol. The van der Waals surface area contributed by atoms with E-state index in [0.717, 1.165) is 38.8 Å². The number of likely N-dealkylation sites (tertiary alicyclic amines) is 1. The van der Waals surface area contributed by atoms with E-state index < -0.39 is 9.84 Å². The molecule has 2 heterocycles. The minimum atomic E-state index is -2.99. The molecule has 0 spiro atoms. The van der Waals surface area contributed by atoms with Crippen LogP contribution in [0.2, 0.25) is 0 Å². The maximum atomic E-state index is 12.0. The summed E-state index contributed by atoms with van der Waals surface area (Å²) in [6.45, 7) is 5.28. The van der Waals surface area contributed by atoms with Crippen molar-refractivity contribution in [3.05, 3.63) is 0 Å². The van der Waals surface area contributed by atoms with E-state index in [1.807, 2.05) is 11.8 Å². The van der Waals surface area contributed by atoms with Crippen molar-refractivity contribution in [1.29, 1.82) is 0 Å². The summed E-state index contributed by atoms with van der Waals surface area (Å²) in [7, 11) is -2.99. The van der Waals surface area contributed by atoms with Gasteiger partial charge in [0.15, 0.2) is 15.8 Å². The zero-order valence-electron chi connectivity index (χ0n) is 17.8. The Kier molecular flexibility index (Phi) is 12.6. The Morgan fingerprint density at radius 2 is 2.03 bits per heavy atom. The lowest BCUT2D eigenvalue weighted by molar-refractivity contribution is -0.130. The Hall–Kier alpha value is -1.11. The van der Waals surface area contributed by atoms with Crippen LogP contribution in [-0.4, -0.2) is 81.4 Å². The van der Waals surface area contributed by atoms with Crippen molar-refractivity contribution in [2.75, 3.05) is 44.2 Å². The quantitative estimate of drug-likeness (QED) is 0.166. The third-order valence-electron chi connectivity index (χ3n) is 5.11. The van der Waals surface area contributed by atoms with Gasteiger partial charge in [-0.1, -0.05) is 6.42 Å². The monoisotopic (exact) mass is 557 g/mol. The molecule has 0 bridgehead atoms. The highest BCUT2D eigenvalue weighted by molar-refractivity contribution is 14.0. The second kappa shape index (κ2) is 14.0. The first-order valence-electron chi connectivity index (χ1n) is 10.7. The molecule has 2 rings (SSSR count). The van der Waals surface area contributed by atoms with Gasteiger partial charge in [-0.15, -0.1) is 24.0 Å². The first kappa shape index (κ1) is 26.9. The van der Waals surface area contributed by atoms with Gasteiger partial charge in [0, 0.05) is 51.6 Å². The summed E-state index contributed by atoms with van der Waals surface area (Å²) in [5.41, 5.74) is 0. The van der Waals surface area contributed by atoms with Crippen LogP contribution in [0, 0.1) is 0 Å². The molecule has 0 saturated carbocycles. The molecule has 9 nitrogen and oxygen atoms in total. The first-order chi connectivity index (χ1) is 13.9. The van der Waals surface area contributed by atoms with Gasteiger partial charge in [0.2, 0.25) is 11.8 Å². The molecule has 2 fully saturated rings. The van der Waals surface area contributed by atoms with E-state index in [2.05, 4.69) is 20.9 Å². The Morgan fingerprint density at radius 3 is 2.73 bits per heavy atom. The van der Waals surface area contributed by atoms with Crippen LogP contribution in [0.3, 0.4) is 0 Å². The van der Waals surface area contributed by atoms with Crippen LogP contribution in [0.1, 0.15) is 51.9 Å². The molecule has 3 N–H and O–H groups in total. The van der Waals surface area contributed by atoms with Crippen LogP contribution in [0.5, 0.6) is 0 Å². The highest BCUT2D eigenvalue weighted by atomic mass is 127. The fraction of sp³-hybridized carbons (Fsp3) is 0.842. The number of rotatable bonds is 9. The molecule has 2 amide bonds. The molecule has 1 unspecified atom stereocenters. The number of carbonyl (C=O) groups is 2. The fourth-order valence-corrected chi connectivity index (χ4v) is 5.25. The highest BCUT2D eigenvalue weighted by Crippen LogP contribution is 2.12. The molecule has 2 saturated heterocycles. The number of guanidine groups is 1. The zero-order chi connectivity index (χ0) is 21.1. The number of carbonyl (C=O) groups excluding carboxylic acids is 2. The van der Waals surface area contributed by atoms with Crippen molar-refractivity contribution in [3.8, 4) is 0 Å². The van der Waals surface area contributed by atoms with E-state index in [1.165, 1.54) is 0 Å². The lowest BCUT2D eigenvalue weighted by atomic mass is 10.2. The third-order valence-corrected chi connectivity index (χ3v) is 6.88. The Bertz CT molecular complexity index is 686. The highest BCUT2D eigenvalue weighted by Gasteiger charge is 2.28. The predicted molar refractivity (Wildman–Crippen MR) is 129 cm³/mol. The van der Waals surface area contributed by atoms with Crippen molar-refractivity contribution in [2.45, 2.75) is 57.9 Å². The van der Waals surface area contributed by atoms with Crippen molar-refractivity contribution in [2.24, 2.45) is 4.99 Å². The maximum absolute atomic E-state index is 12.0. The number of aliphatic imine (C=N–C) groups is 1. The van der Waals surface area contributed by atoms with Gasteiger partial charge in [-0.05, 0) is 32.6 Å². The molecule has 30 heavy (non-hydrogen) atoms. The molecule has 2 aliphatic rings. The second-order valence-electron chi connectivity index (χ2n) is 7.65. The molecular formula is C19H36IN5O4S. The minimum absolute atomic E-state index is 0. The zero-order valence-corrected chi connectivity index (χ0v) is 21.0. The van der Waals surface area contributed by atoms with Crippen molar-refractivity contribution in [3.63, 3.8) is 0 Å². The molecule has 1 atom stereocenters. The van der Waals surface area contributed by atoms with Crippen LogP contribution in [-0.2, 0) is 19.4 Å². The van der Waals surface area contributed by atoms with E-state index in [0.29, 0.717) is 38.4 Å². The van der Waals surface area contributed by atoms with Crippen LogP contribution in [0.25, 0.3) is 0 Å². The number of sulfone groups is 1. The van der Waals surface area contributed by atoms with Gasteiger partial charge in [0.25, 0.3) is 0 Å². The van der Waals surface area contributed by atoms with Crippen molar-refractivity contribution < 1.29 is 18.0 Å². The third kappa shape index (κ3) is 10.3. The van der Waals surface area contributed by atoms with E-state index in [9.17, 15) is 18.0 Å². The number of halogens is 1. The summed E-state index contributed by atoms with van der Waals surface area (Å²) >= 11 is 0. The summed E-state index contributed by atoms with van der Waals surface area (Å²) in [4.78, 5) is 30.5. The van der Waals surface area contributed by atoms with Gasteiger partial charge in [0.05, 0.1) is 11.5 Å². The van der Waals surface area contributed by atoms with Gasteiger partial charge in [-0.2, -0.15) is 0 Å². The summed E-state index contributed by atoms with van der Waals surface area (Å²) in [6, 6.07) is -0.267. The number of hydrogen-bond donors (Lipinski definition) is 3. The molecule has 11 heteroatoms. The summed E-state index contributed by atoms with van der Waals surface area (Å²) in [5, 5.41) is 9.06. The molecule has 0 aromatic rings. The van der Waals surface area contributed by atoms with Crippen molar-refractivity contribution >= 4 is 51.6 Å². The molecule has 174 valence electrons. The van der Waals surface area contributed by atoms with E-state index in [1.54, 1.807) is 0 Å². The summed E-state index contributed by atoms with van der Waals surface area (Å²) in [6.07, 6.45) is 5.40. The predicted octanol–water partition coefficient (Wildman–Crippen LogP) is 0.646. The average Bonchev–Trinajstić information content (AvgIpc) is 2.87. The first-order valence-corrected chi connectivity index (χ1v) is 12.5. The second-order valence-corrected chi connectivity index (χ2v) is 9.88. The minimum Gasteiger partial charge on any atom is -0.357 e. The van der Waals surface area contributed by atoms with Crippen LogP contribution >= 0.6 is 24.0 Å². The number of amides is 2. The molecule has 2 aliphatic heterocycles. The SMILES string of the molecule is CCNC(=NCCCN1CCCCCC1=O)NCCC(=O)NC1CCS(=O)(=O)C1.I. The van der Waals surface area contributed by atoms with Crippen LogP contribution < -0.4 is 16.0 Å². The Labute approximate surface area is 197 Å². The topological polar surface area (TPSA) is 120 Å². The van der Waals surface area contributed by atoms with E-state index in [-0.39, 0.29) is 59.8 Å². The molecule has 0 aromatic carbocycles. The number of nitrogens with zero attached hydrogens (tertiary/aromatic N) is 2. The fourth-order valence-electron chi connectivity index (χ4n) is 3.57. The van der Waals surface area contributed by atoms with Gasteiger partial charge in [0.1, 0.15) is 0 Å². The van der Waals surface area contributed by atoms with E-state index in [4.69, 9.17) is 0 Å². The van der Waals surface area contributed by atoms with Gasteiger partial charge < -0.3 is 20.9 Å². The smallest absolute Gasteiger partial charge is 0.222 e. The molecular weight excluding hydrogens is 521 g/mol. The Morgan fingerprint density at radius 1 is 1.23 bits per heavy atom. The molecule has 0 radical (unpaired) electrons. The van der Waals surface area contributed by atoms with Gasteiger partial charge in [-0.25, -0.2) is 8.42 Å². The lowest BCUT2D eigenvalue weighted by Gasteiger charge is -2.20. The van der Waals surface area contributed by atoms with Crippen molar-refractivity contribution in [1.82, 2.24) is 20.9 Å². The van der Waals surface area contributed by atoms with Gasteiger partial charge in [-0.3, -0.25) is 14.6 Å². The Balaban J connectivity index is 0.00000450. The number of hydrogen-bond acceptors (Lipinski definition) is 5. The lowest BCUT2D eigenvalue weighted by Crippen LogP contribution is -2.41. The molecule has 0 aromatic heterocycles. The summed E-state index contributed by atoms with van der Waals surface area (Å²) in [5.74, 6) is 0.922. The van der Waals surface area contributed by atoms with Gasteiger partial charge >= 0.3 is 0 Å². The molecule has 0 aliphatic carbocycles. The summed E-state index contributed by atoms with van der Waals surface area (Å²) < 4.78 is 22.9. The number of nitrogens with one attached hydrogen (secondary N) is 3. The van der Waals surface area contributed by atoms with Crippen LogP contribution in [0.15, 0.2) is 4.99 Å². The standard InChI is InChI=1S/C19H35N5O4S.HI/c1-2-20-19(21-10-6-13-24-12-5-3-4-7-18(24)26)22-11-8-17(25)23-16-9-14-29(27,28)15-16;/h16H,2-15H2,1H3,(H,23,25)(H2,20,21,22);1H. The maximum Gasteiger partial charge on any atom is 0.222 e. The largest absolute Gasteiger partial charge is 0.357 e. The van der Waals surface area contributed by atoms with E-state index >= 15 is 0 Å². The normalized spacial score (nSPS) is 21.5.